The van der Waals surface area contributed by atoms with Crippen LogP contribution in [0.25, 0.3) is 0 Å². The molecule has 2 N–H and O–H groups in total. The van der Waals surface area contributed by atoms with Crippen LogP contribution in [0.15, 0.2) is 24.3 Å². The van der Waals surface area contributed by atoms with Crippen LogP contribution in [0.2, 0.25) is 0 Å². The number of rotatable bonds is 4. The van der Waals surface area contributed by atoms with Crippen LogP contribution in [-0.4, -0.2) is 35.7 Å². The van der Waals surface area contributed by atoms with E-state index >= 15 is 0 Å². The smallest absolute Gasteiger partial charge is 0.335 e. The normalized spacial score (nSPS) is 17.4. The Balaban J connectivity index is 1.92. The first-order valence-corrected chi connectivity index (χ1v) is 6.69. The zero-order chi connectivity index (χ0) is 14.6. The fourth-order valence-electron chi connectivity index (χ4n) is 2.28. The maximum atomic E-state index is 12.0. The average Bonchev–Trinajstić information content (AvgIpc) is 2.39. The van der Waals surface area contributed by atoms with E-state index in [1.807, 2.05) is 6.92 Å². The first-order chi connectivity index (χ1) is 9.48. The Labute approximate surface area is 117 Å². The molecule has 1 aliphatic rings. The second kappa shape index (κ2) is 6.05. The molecule has 1 saturated heterocycles. The molecule has 2 rings (SSSR count). The van der Waals surface area contributed by atoms with E-state index in [0.717, 1.165) is 18.4 Å². The molecule has 1 aromatic carbocycles. The van der Waals surface area contributed by atoms with E-state index in [9.17, 15) is 9.59 Å². The number of aromatic carboxylic acids is 1. The van der Waals surface area contributed by atoms with Gasteiger partial charge in [-0.05, 0) is 37.5 Å². The average molecular weight is 277 g/mol. The van der Waals surface area contributed by atoms with E-state index in [1.165, 1.54) is 12.1 Å². The van der Waals surface area contributed by atoms with E-state index < -0.39 is 5.97 Å². The third kappa shape index (κ3) is 3.81. The second-order valence-corrected chi connectivity index (χ2v) is 5.40. The van der Waals surface area contributed by atoms with Crippen LogP contribution in [0, 0.1) is 0 Å². The van der Waals surface area contributed by atoms with Gasteiger partial charge in [-0.15, -0.1) is 0 Å². The number of carbonyl (C=O) groups excluding carboxylic acids is 1. The fourth-order valence-corrected chi connectivity index (χ4v) is 2.28. The topological polar surface area (TPSA) is 75.6 Å². The molecule has 1 fully saturated rings. The van der Waals surface area contributed by atoms with Gasteiger partial charge in [0.15, 0.2) is 0 Å². The Morgan fingerprint density at radius 1 is 1.25 bits per heavy atom. The number of benzene rings is 1. The molecule has 0 aliphatic carbocycles. The highest BCUT2D eigenvalue weighted by Crippen LogP contribution is 2.19. The Morgan fingerprint density at radius 3 is 2.40 bits per heavy atom. The predicted molar refractivity (Wildman–Crippen MR) is 73.7 cm³/mol. The highest BCUT2D eigenvalue weighted by Gasteiger charge is 2.28. The van der Waals surface area contributed by atoms with E-state index in [4.69, 9.17) is 9.84 Å². The van der Waals surface area contributed by atoms with Gasteiger partial charge in [-0.1, -0.05) is 12.1 Å². The number of amides is 1. The zero-order valence-corrected chi connectivity index (χ0v) is 11.5. The van der Waals surface area contributed by atoms with Crippen LogP contribution >= 0.6 is 0 Å². The van der Waals surface area contributed by atoms with Crippen molar-refractivity contribution in [2.75, 3.05) is 13.2 Å². The Hall–Kier alpha value is -1.88. The molecule has 0 saturated carbocycles. The summed E-state index contributed by atoms with van der Waals surface area (Å²) in [4.78, 5) is 22.8. The van der Waals surface area contributed by atoms with Gasteiger partial charge < -0.3 is 15.2 Å². The molecule has 1 aromatic rings. The standard InChI is InChI=1S/C15H19NO4/c1-15(6-8-20-9-7-15)16-13(17)10-11-2-4-12(5-3-11)14(18)19/h2-5H,6-10H2,1H3,(H,16,17)(H,18,19). The summed E-state index contributed by atoms with van der Waals surface area (Å²) < 4.78 is 5.29. The monoisotopic (exact) mass is 277 g/mol. The van der Waals surface area contributed by atoms with Crippen LogP contribution in [-0.2, 0) is 16.0 Å². The molecule has 5 nitrogen and oxygen atoms in total. The van der Waals surface area contributed by atoms with Gasteiger partial charge in [0.1, 0.15) is 0 Å². The van der Waals surface area contributed by atoms with Gasteiger partial charge in [0.25, 0.3) is 0 Å². The molecular formula is C15H19NO4. The van der Waals surface area contributed by atoms with E-state index in [-0.39, 0.29) is 23.4 Å². The van der Waals surface area contributed by atoms with Gasteiger partial charge in [-0.2, -0.15) is 0 Å². The summed E-state index contributed by atoms with van der Waals surface area (Å²) in [7, 11) is 0. The minimum atomic E-state index is -0.962. The van der Waals surface area contributed by atoms with Crippen molar-refractivity contribution in [1.82, 2.24) is 5.32 Å². The molecule has 108 valence electrons. The highest BCUT2D eigenvalue weighted by molar-refractivity contribution is 5.87. The number of hydrogen-bond acceptors (Lipinski definition) is 3. The van der Waals surface area contributed by atoms with Crippen LogP contribution < -0.4 is 5.32 Å². The molecule has 0 bridgehead atoms. The lowest BCUT2D eigenvalue weighted by molar-refractivity contribution is -0.123. The first kappa shape index (κ1) is 14.5. The van der Waals surface area contributed by atoms with Gasteiger partial charge in [0.05, 0.1) is 12.0 Å². The lowest BCUT2D eigenvalue weighted by Crippen LogP contribution is -2.50. The maximum absolute atomic E-state index is 12.0. The molecule has 0 spiro atoms. The first-order valence-electron chi connectivity index (χ1n) is 6.69. The predicted octanol–water partition coefficient (Wildman–Crippen LogP) is 1.61. The van der Waals surface area contributed by atoms with Gasteiger partial charge in [0, 0.05) is 18.8 Å². The largest absolute Gasteiger partial charge is 0.478 e. The summed E-state index contributed by atoms with van der Waals surface area (Å²) in [5.41, 5.74) is 0.838. The van der Waals surface area contributed by atoms with E-state index in [2.05, 4.69) is 5.32 Å². The van der Waals surface area contributed by atoms with Gasteiger partial charge in [0.2, 0.25) is 5.91 Å². The lowest BCUT2D eigenvalue weighted by atomic mass is 9.92. The van der Waals surface area contributed by atoms with Crippen molar-refractivity contribution < 1.29 is 19.4 Å². The van der Waals surface area contributed by atoms with Crippen molar-refractivity contribution in [3.8, 4) is 0 Å². The van der Waals surface area contributed by atoms with E-state index in [0.29, 0.717) is 13.2 Å². The van der Waals surface area contributed by atoms with Crippen LogP contribution in [0.4, 0.5) is 0 Å². The van der Waals surface area contributed by atoms with Crippen molar-refractivity contribution in [2.45, 2.75) is 31.7 Å². The zero-order valence-electron chi connectivity index (χ0n) is 11.5. The lowest BCUT2D eigenvalue weighted by Gasteiger charge is -2.34. The van der Waals surface area contributed by atoms with Crippen molar-refractivity contribution in [3.05, 3.63) is 35.4 Å². The summed E-state index contributed by atoms with van der Waals surface area (Å²) >= 11 is 0. The maximum Gasteiger partial charge on any atom is 0.335 e. The number of carboxylic acid groups (broad SMARTS) is 1. The summed E-state index contributed by atoms with van der Waals surface area (Å²) in [6.07, 6.45) is 1.89. The van der Waals surface area contributed by atoms with Crippen molar-refractivity contribution >= 4 is 11.9 Å². The molecule has 1 amide bonds. The minimum Gasteiger partial charge on any atom is -0.478 e. The SMILES string of the molecule is CC1(NC(=O)Cc2ccc(C(=O)O)cc2)CCOCC1. The molecule has 0 atom stereocenters. The van der Waals surface area contributed by atoms with Crippen molar-refractivity contribution in [2.24, 2.45) is 0 Å². The molecule has 0 unspecified atom stereocenters. The number of carboxylic acids is 1. The summed E-state index contributed by atoms with van der Waals surface area (Å²) in [5.74, 6) is -1.01. The fraction of sp³-hybridized carbons (Fsp3) is 0.467. The summed E-state index contributed by atoms with van der Waals surface area (Å²) in [6.45, 7) is 3.37. The van der Waals surface area contributed by atoms with Crippen LogP contribution in [0.1, 0.15) is 35.7 Å². The van der Waals surface area contributed by atoms with Crippen LogP contribution in [0.5, 0.6) is 0 Å². The third-order valence-corrected chi connectivity index (χ3v) is 3.60. The molecule has 0 radical (unpaired) electrons. The molecule has 5 heteroatoms. The minimum absolute atomic E-state index is 0.0440. The van der Waals surface area contributed by atoms with E-state index in [1.54, 1.807) is 12.1 Å². The summed E-state index contributed by atoms with van der Waals surface area (Å²) in [5, 5.41) is 11.9. The van der Waals surface area contributed by atoms with Crippen LogP contribution in [0.3, 0.4) is 0 Å². The quantitative estimate of drug-likeness (QED) is 0.876. The summed E-state index contributed by atoms with van der Waals surface area (Å²) in [6, 6.07) is 6.38. The molecular weight excluding hydrogens is 258 g/mol. The Morgan fingerprint density at radius 2 is 1.85 bits per heavy atom. The van der Waals surface area contributed by atoms with Gasteiger partial charge in [-0.25, -0.2) is 4.79 Å². The third-order valence-electron chi connectivity index (χ3n) is 3.60. The second-order valence-electron chi connectivity index (χ2n) is 5.40. The Kier molecular flexibility index (Phi) is 4.39. The molecule has 0 aromatic heterocycles. The van der Waals surface area contributed by atoms with Gasteiger partial charge in [-0.3, -0.25) is 4.79 Å². The van der Waals surface area contributed by atoms with Crippen molar-refractivity contribution in [3.63, 3.8) is 0 Å². The number of carbonyl (C=O) groups is 2. The molecule has 1 aliphatic heterocycles. The number of hydrogen-bond donors (Lipinski definition) is 2. The molecule has 20 heavy (non-hydrogen) atoms. The number of nitrogens with one attached hydrogen (secondary N) is 1. The van der Waals surface area contributed by atoms with Gasteiger partial charge >= 0.3 is 5.97 Å². The van der Waals surface area contributed by atoms with Crippen molar-refractivity contribution in [1.29, 1.82) is 0 Å². The highest BCUT2D eigenvalue weighted by atomic mass is 16.5. The molecule has 1 heterocycles. The Bertz CT molecular complexity index is 489. The number of ether oxygens (including phenoxy) is 1.